The van der Waals surface area contributed by atoms with Gasteiger partial charge < -0.3 is 5.11 Å². The molecule has 0 fully saturated rings. The van der Waals surface area contributed by atoms with Gasteiger partial charge in [0.2, 0.25) is 0 Å². The number of nitrogens with zero attached hydrogens (tertiary/aromatic N) is 2. The highest BCUT2D eigenvalue weighted by Crippen LogP contribution is 2.28. The van der Waals surface area contributed by atoms with E-state index in [0.29, 0.717) is 6.54 Å². The van der Waals surface area contributed by atoms with E-state index in [0.717, 1.165) is 30.6 Å². The van der Waals surface area contributed by atoms with Gasteiger partial charge in [-0.15, -0.1) is 0 Å². The second kappa shape index (κ2) is 6.06. The number of hydrogen-bond acceptors (Lipinski definition) is 3. The number of rotatable bonds is 4. The molecule has 0 saturated carbocycles. The van der Waals surface area contributed by atoms with Crippen LogP contribution < -0.4 is 0 Å². The second-order valence-corrected chi connectivity index (χ2v) is 5.43. The lowest BCUT2D eigenvalue weighted by Gasteiger charge is -2.32. The van der Waals surface area contributed by atoms with Crippen molar-refractivity contribution in [2.75, 3.05) is 13.1 Å². The van der Waals surface area contributed by atoms with Crippen molar-refractivity contribution in [1.82, 2.24) is 9.88 Å². The van der Waals surface area contributed by atoms with Gasteiger partial charge in [-0.05, 0) is 35.2 Å². The van der Waals surface area contributed by atoms with Crippen LogP contribution in [0.4, 0.5) is 0 Å². The van der Waals surface area contributed by atoms with Gasteiger partial charge >= 0.3 is 5.97 Å². The van der Waals surface area contributed by atoms with Gasteiger partial charge in [-0.25, -0.2) is 0 Å². The second-order valence-electron chi connectivity index (χ2n) is 5.43. The van der Waals surface area contributed by atoms with Crippen LogP contribution in [0.15, 0.2) is 48.8 Å². The van der Waals surface area contributed by atoms with E-state index in [1.807, 2.05) is 36.4 Å². The lowest BCUT2D eigenvalue weighted by molar-refractivity contribution is -0.139. The molecule has 3 rings (SSSR count). The Kier molecular flexibility index (Phi) is 3.97. The number of pyridine rings is 1. The maximum atomic E-state index is 11.5. The van der Waals surface area contributed by atoms with Crippen molar-refractivity contribution >= 4 is 5.97 Å². The van der Waals surface area contributed by atoms with Gasteiger partial charge in [-0.3, -0.25) is 14.7 Å². The van der Waals surface area contributed by atoms with Crippen molar-refractivity contribution in [3.8, 4) is 0 Å². The molecular weight excluding hydrogens is 264 g/mol. The lowest BCUT2D eigenvalue weighted by Crippen LogP contribution is -2.37. The van der Waals surface area contributed by atoms with Crippen LogP contribution in [-0.2, 0) is 17.8 Å². The van der Waals surface area contributed by atoms with Gasteiger partial charge in [0.25, 0.3) is 0 Å². The number of hydrogen-bond donors (Lipinski definition) is 1. The molecule has 1 unspecified atom stereocenters. The molecule has 2 heterocycles. The average molecular weight is 282 g/mol. The van der Waals surface area contributed by atoms with Crippen LogP contribution in [0.1, 0.15) is 22.6 Å². The van der Waals surface area contributed by atoms with Crippen LogP contribution in [0.3, 0.4) is 0 Å². The highest BCUT2D eigenvalue weighted by molar-refractivity contribution is 5.77. The summed E-state index contributed by atoms with van der Waals surface area (Å²) in [5.41, 5.74) is 3.33. The monoisotopic (exact) mass is 282 g/mol. The molecule has 4 nitrogen and oxygen atoms in total. The molecule has 1 aliphatic heterocycles. The molecule has 0 radical (unpaired) electrons. The summed E-state index contributed by atoms with van der Waals surface area (Å²) in [6.07, 6.45) is 4.50. The number of carboxylic acid groups (broad SMARTS) is 1. The largest absolute Gasteiger partial charge is 0.481 e. The predicted octanol–water partition coefficient (Wildman–Crippen LogP) is 2.31. The number of aromatic nitrogens is 1. The molecule has 1 N–H and O–H groups in total. The minimum atomic E-state index is -0.740. The van der Waals surface area contributed by atoms with Crippen LogP contribution in [0, 0.1) is 0 Å². The van der Waals surface area contributed by atoms with Crippen LogP contribution in [0.25, 0.3) is 0 Å². The fourth-order valence-corrected chi connectivity index (χ4v) is 2.90. The minimum Gasteiger partial charge on any atom is -0.481 e. The molecule has 0 aliphatic carbocycles. The SMILES string of the molecule is O=C(O)C1CN(CCc2ccncc2)Cc2ccccc21. The van der Waals surface area contributed by atoms with Crippen molar-refractivity contribution in [2.45, 2.75) is 18.9 Å². The highest BCUT2D eigenvalue weighted by Gasteiger charge is 2.29. The third-order valence-electron chi connectivity index (χ3n) is 4.03. The number of carbonyl (C=O) groups is 1. The Balaban J connectivity index is 1.73. The molecule has 1 atom stereocenters. The van der Waals surface area contributed by atoms with Crippen molar-refractivity contribution in [3.05, 3.63) is 65.5 Å². The van der Waals surface area contributed by atoms with Crippen molar-refractivity contribution in [3.63, 3.8) is 0 Å². The quantitative estimate of drug-likeness (QED) is 0.935. The standard InChI is InChI=1S/C17H18N2O2/c20-17(21)16-12-19(10-7-13-5-8-18-9-6-13)11-14-3-1-2-4-15(14)16/h1-6,8-9,16H,7,10-12H2,(H,20,21). The first-order valence-electron chi connectivity index (χ1n) is 7.16. The average Bonchev–Trinajstić information content (AvgIpc) is 2.53. The van der Waals surface area contributed by atoms with E-state index in [1.165, 1.54) is 5.56 Å². The predicted molar refractivity (Wildman–Crippen MR) is 80.0 cm³/mol. The summed E-state index contributed by atoms with van der Waals surface area (Å²) in [4.78, 5) is 17.7. The molecule has 108 valence electrons. The topological polar surface area (TPSA) is 53.4 Å². The zero-order valence-electron chi connectivity index (χ0n) is 11.8. The van der Waals surface area contributed by atoms with Crippen LogP contribution in [-0.4, -0.2) is 34.0 Å². The number of benzene rings is 1. The molecule has 4 heteroatoms. The zero-order chi connectivity index (χ0) is 14.7. The summed E-state index contributed by atoms with van der Waals surface area (Å²) < 4.78 is 0. The van der Waals surface area contributed by atoms with E-state index in [1.54, 1.807) is 12.4 Å². The Labute approximate surface area is 124 Å². The number of fused-ring (bicyclic) bond motifs is 1. The first-order chi connectivity index (χ1) is 10.2. The first kappa shape index (κ1) is 13.8. The minimum absolute atomic E-state index is 0.424. The molecule has 2 aromatic rings. The Morgan fingerprint density at radius 3 is 2.76 bits per heavy atom. The van der Waals surface area contributed by atoms with Gasteiger partial charge in [-0.1, -0.05) is 24.3 Å². The number of carboxylic acids is 1. The number of aliphatic carboxylic acids is 1. The van der Waals surface area contributed by atoms with Gasteiger partial charge in [-0.2, -0.15) is 0 Å². The fourth-order valence-electron chi connectivity index (χ4n) is 2.90. The summed E-state index contributed by atoms with van der Waals surface area (Å²) in [6.45, 7) is 2.27. The van der Waals surface area contributed by atoms with Crippen LogP contribution >= 0.6 is 0 Å². The normalized spacial score (nSPS) is 18.2. The van der Waals surface area contributed by atoms with E-state index in [-0.39, 0.29) is 0 Å². The van der Waals surface area contributed by atoms with E-state index in [9.17, 15) is 9.90 Å². The summed E-state index contributed by atoms with van der Waals surface area (Å²) in [7, 11) is 0. The van der Waals surface area contributed by atoms with Crippen molar-refractivity contribution in [1.29, 1.82) is 0 Å². The maximum Gasteiger partial charge on any atom is 0.312 e. The van der Waals surface area contributed by atoms with Gasteiger partial charge in [0.1, 0.15) is 0 Å². The fraction of sp³-hybridized carbons (Fsp3) is 0.294. The smallest absolute Gasteiger partial charge is 0.312 e. The molecule has 0 amide bonds. The molecule has 1 aliphatic rings. The molecule has 21 heavy (non-hydrogen) atoms. The Hall–Kier alpha value is -2.20. The Bertz CT molecular complexity index is 628. The van der Waals surface area contributed by atoms with E-state index in [4.69, 9.17) is 0 Å². The molecule has 1 aromatic carbocycles. The zero-order valence-corrected chi connectivity index (χ0v) is 11.8. The molecule has 0 bridgehead atoms. The molecule has 0 spiro atoms. The summed E-state index contributed by atoms with van der Waals surface area (Å²) in [5, 5.41) is 9.45. The third kappa shape index (κ3) is 3.11. The molecular formula is C17H18N2O2. The van der Waals surface area contributed by atoms with E-state index in [2.05, 4.69) is 9.88 Å². The Morgan fingerprint density at radius 1 is 1.24 bits per heavy atom. The lowest BCUT2D eigenvalue weighted by atomic mass is 9.89. The van der Waals surface area contributed by atoms with E-state index < -0.39 is 11.9 Å². The van der Waals surface area contributed by atoms with Gasteiger partial charge in [0.05, 0.1) is 5.92 Å². The Morgan fingerprint density at radius 2 is 2.00 bits per heavy atom. The maximum absolute atomic E-state index is 11.5. The van der Waals surface area contributed by atoms with Crippen molar-refractivity contribution < 1.29 is 9.90 Å². The highest BCUT2D eigenvalue weighted by atomic mass is 16.4. The molecule has 1 aromatic heterocycles. The van der Waals surface area contributed by atoms with Gasteiger partial charge in [0.15, 0.2) is 0 Å². The third-order valence-corrected chi connectivity index (χ3v) is 4.03. The summed E-state index contributed by atoms with van der Waals surface area (Å²) in [5.74, 6) is -1.16. The summed E-state index contributed by atoms with van der Waals surface area (Å²) >= 11 is 0. The molecule has 0 saturated heterocycles. The first-order valence-corrected chi connectivity index (χ1v) is 7.16. The summed E-state index contributed by atoms with van der Waals surface area (Å²) in [6, 6.07) is 11.9. The van der Waals surface area contributed by atoms with Gasteiger partial charge in [0, 0.05) is 32.0 Å². The van der Waals surface area contributed by atoms with E-state index >= 15 is 0 Å². The van der Waals surface area contributed by atoms with Crippen LogP contribution in [0.5, 0.6) is 0 Å². The van der Waals surface area contributed by atoms with Crippen molar-refractivity contribution in [2.24, 2.45) is 0 Å². The van der Waals surface area contributed by atoms with Crippen LogP contribution in [0.2, 0.25) is 0 Å².